The first-order chi connectivity index (χ1) is 10.2. The molecule has 0 atom stereocenters. The third kappa shape index (κ3) is 3.95. The summed E-state index contributed by atoms with van der Waals surface area (Å²) in [6.07, 6.45) is 3.25. The normalized spacial score (nSPS) is 14.4. The van der Waals surface area contributed by atoms with E-state index in [9.17, 15) is 0 Å². The Labute approximate surface area is 128 Å². The van der Waals surface area contributed by atoms with Gasteiger partial charge < -0.3 is 14.6 Å². The summed E-state index contributed by atoms with van der Waals surface area (Å²) in [5.74, 6) is 1.98. The molecular formula is C15H18ClN3O2. The summed E-state index contributed by atoms with van der Waals surface area (Å²) in [7, 11) is 0. The number of ether oxygens (including phenoxy) is 1. The van der Waals surface area contributed by atoms with Crippen LogP contribution in [-0.4, -0.2) is 16.2 Å². The first-order valence-corrected chi connectivity index (χ1v) is 7.58. The van der Waals surface area contributed by atoms with Crippen molar-refractivity contribution in [2.24, 2.45) is 0 Å². The molecule has 0 amide bonds. The van der Waals surface area contributed by atoms with Gasteiger partial charge in [0.2, 0.25) is 0 Å². The molecule has 1 aliphatic rings. The van der Waals surface area contributed by atoms with Crippen LogP contribution in [0.5, 0.6) is 5.75 Å². The van der Waals surface area contributed by atoms with Crippen LogP contribution in [-0.2, 0) is 19.6 Å². The van der Waals surface area contributed by atoms with E-state index in [1.807, 2.05) is 25.1 Å². The SMILES string of the molecule is CCc1noc(COc2ccc(Cl)cc2CNC2CC2)n1. The molecule has 0 aliphatic heterocycles. The number of benzene rings is 1. The summed E-state index contributed by atoms with van der Waals surface area (Å²) in [6.45, 7) is 3.01. The average molecular weight is 308 g/mol. The summed E-state index contributed by atoms with van der Waals surface area (Å²) in [6, 6.07) is 6.27. The van der Waals surface area contributed by atoms with Crippen LogP contribution >= 0.6 is 11.6 Å². The Hall–Kier alpha value is -1.59. The Morgan fingerprint density at radius 1 is 1.43 bits per heavy atom. The van der Waals surface area contributed by atoms with E-state index in [1.54, 1.807) is 0 Å². The number of hydrogen-bond donors (Lipinski definition) is 1. The largest absolute Gasteiger partial charge is 0.483 e. The van der Waals surface area contributed by atoms with Crippen LogP contribution in [0.25, 0.3) is 0 Å². The lowest BCUT2D eigenvalue weighted by Crippen LogP contribution is -2.16. The van der Waals surface area contributed by atoms with Crippen LogP contribution in [0.2, 0.25) is 5.02 Å². The van der Waals surface area contributed by atoms with Gasteiger partial charge in [-0.25, -0.2) is 0 Å². The molecule has 5 nitrogen and oxygen atoms in total. The highest BCUT2D eigenvalue weighted by Gasteiger charge is 2.20. The van der Waals surface area contributed by atoms with E-state index < -0.39 is 0 Å². The van der Waals surface area contributed by atoms with Gasteiger partial charge in [0.1, 0.15) is 5.75 Å². The number of aryl methyl sites for hydroxylation is 1. The standard InChI is InChI=1S/C15H18ClN3O2/c1-2-14-18-15(21-19-14)9-20-13-6-3-11(16)7-10(13)8-17-12-4-5-12/h3,6-7,12,17H,2,4-5,8-9H2,1H3. The van der Waals surface area contributed by atoms with Gasteiger partial charge in [-0.3, -0.25) is 0 Å². The molecule has 1 saturated carbocycles. The molecule has 6 heteroatoms. The highest BCUT2D eigenvalue weighted by Crippen LogP contribution is 2.26. The van der Waals surface area contributed by atoms with Crippen molar-refractivity contribution in [1.29, 1.82) is 0 Å². The van der Waals surface area contributed by atoms with Gasteiger partial charge in [-0.05, 0) is 31.0 Å². The molecule has 3 rings (SSSR count). The van der Waals surface area contributed by atoms with E-state index in [2.05, 4.69) is 15.5 Å². The molecule has 0 unspecified atom stereocenters. The fourth-order valence-corrected chi connectivity index (χ4v) is 2.20. The minimum atomic E-state index is 0.269. The summed E-state index contributed by atoms with van der Waals surface area (Å²) in [5, 5.41) is 8.02. The average Bonchev–Trinajstić information content (AvgIpc) is 3.21. The molecular weight excluding hydrogens is 290 g/mol. The van der Waals surface area contributed by atoms with Crippen molar-refractivity contribution in [3.63, 3.8) is 0 Å². The molecule has 21 heavy (non-hydrogen) atoms. The third-order valence-corrected chi connectivity index (χ3v) is 3.59. The van der Waals surface area contributed by atoms with E-state index in [0.29, 0.717) is 22.8 Å². The van der Waals surface area contributed by atoms with Gasteiger partial charge in [0, 0.05) is 29.6 Å². The van der Waals surface area contributed by atoms with Gasteiger partial charge in [-0.15, -0.1) is 0 Å². The zero-order chi connectivity index (χ0) is 14.7. The zero-order valence-electron chi connectivity index (χ0n) is 11.9. The number of hydrogen-bond acceptors (Lipinski definition) is 5. The third-order valence-electron chi connectivity index (χ3n) is 3.36. The topological polar surface area (TPSA) is 60.2 Å². The van der Waals surface area contributed by atoms with Gasteiger partial charge in [0.15, 0.2) is 12.4 Å². The molecule has 0 saturated heterocycles. The molecule has 1 aromatic carbocycles. The monoisotopic (exact) mass is 307 g/mol. The smallest absolute Gasteiger partial charge is 0.264 e. The molecule has 2 aromatic rings. The van der Waals surface area contributed by atoms with Crippen molar-refractivity contribution in [3.05, 3.63) is 40.5 Å². The van der Waals surface area contributed by atoms with Gasteiger partial charge >= 0.3 is 0 Å². The number of nitrogens with zero attached hydrogens (tertiary/aromatic N) is 2. The van der Waals surface area contributed by atoms with E-state index in [0.717, 1.165) is 24.3 Å². The van der Waals surface area contributed by atoms with Crippen molar-refractivity contribution in [2.45, 2.75) is 45.4 Å². The maximum Gasteiger partial charge on any atom is 0.264 e. The van der Waals surface area contributed by atoms with Crippen molar-refractivity contribution in [1.82, 2.24) is 15.5 Å². The van der Waals surface area contributed by atoms with Crippen LogP contribution in [0.15, 0.2) is 22.7 Å². The molecule has 1 N–H and O–H groups in total. The van der Waals surface area contributed by atoms with Crippen LogP contribution in [0, 0.1) is 0 Å². The number of halogens is 1. The Morgan fingerprint density at radius 2 is 2.29 bits per heavy atom. The highest BCUT2D eigenvalue weighted by atomic mass is 35.5. The van der Waals surface area contributed by atoms with Gasteiger partial charge in [-0.2, -0.15) is 4.98 Å². The van der Waals surface area contributed by atoms with Crippen LogP contribution in [0.4, 0.5) is 0 Å². The first-order valence-electron chi connectivity index (χ1n) is 7.20. The van der Waals surface area contributed by atoms with E-state index in [-0.39, 0.29) is 6.61 Å². The van der Waals surface area contributed by atoms with Crippen LogP contribution in [0.1, 0.15) is 37.0 Å². The Morgan fingerprint density at radius 3 is 3.00 bits per heavy atom. The summed E-state index contributed by atoms with van der Waals surface area (Å²) >= 11 is 6.06. The second-order valence-corrected chi connectivity index (χ2v) is 5.59. The molecule has 0 bridgehead atoms. The lowest BCUT2D eigenvalue weighted by Gasteiger charge is -2.11. The van der Waals surface area contributed by atoms with Crippen molar-refractivity contribution in [2.75, 3.05) is 0 Å². The summed E-state index contributed by atoms with van der Waals surface area (Å²) in [5.41, 5.74) is 1.05. The maximum absolute atomic E-state index is 6.06. The van der Waals surface area contributed by atoms with E-state index >= 15 is 0 Å². The fourth-order valence-electron chi connectivity index (χ4n) is 2.00. The van der Waals surface area contributed by atoms with Crippen molar-refractivity contribution >= 4 is 11.6 Å². The Bertz CT molecular complexity index is 611. The Kier molecular flexibility index (Phi) is 4.41. The maximum atomic E-state index is 6.06. The molecule has 1 fully saturated rings. The van der Waals surface area contributed by atoms with Crippen molar-refractivity contribution in [3.8, 4) is 5.75 Å². The Balaban J connectivity index is 1.65. The quantitative estimate of drug-likeness (QED) is 0.851. The second-order valence-electron chi connectivity index (χ2n) is 5.15. The summed E-state index contributed by atoms with van der Waals surface area (Å²) < 4.78 is 10.9. The lowest BCUT2D eigenvalue weighted by molar-refractivity contribution is 0.240. The zero-order valence-corrected chi connectivity index (χ0v) is 12.7. The first kappa shape index (κ1) is 14.4. The summed E-state index contributed by atoms with van der Waals surface area (Å²) in [4.78, 5) is 4.23. The molecule has 0 radical (unpaired) electrons. The van der Waals surface area contributed by atoms with E-state index in [4.69, 9.17) is 20.9 Å². The molecule has 1 aliphatic carbocycles. The number of aromatic nitrogens is 2. The van der Waals surface area contributed by atoms with Gasteiger partial charge in [0.05, 0.1) is 0 Å². The molecule has 112 valence electrons. The lowest BCUT2D eigenvalue weighted by atomic mass is 10.2. The number of nitrogens with one attached hydrogen (secondary N) is 1. The molecule has 0 spiro atoms. The van der Waals surface area contributed by atoms with Crippen molar-refractivity contribution < 1.29 is 9.26 Å². The van der Waals surface area contributed by atoms with Crippen LogP contribution in [0.3, 0.4) is 0 Å². The van der Waals surface area contributed by atoms with Gasteiger partial charge in [0.25, 0.3) is 5.89 Å². The minimum absolute atomic E-state index is 0.269. The molecule has 1 heterocycles. The van der Waals surface area contributed by atoms with Crippen LogP contribution < -0.4 is 10.1 Å². The highest BCUT2D eigenvalue weighted by molar-refractivity contribution is 6.30. The molecule has 1 aromatic heterocycles. The second kappa shape index (κ2) is 6.45. The minimum Gasteiger partial charge on any atom is -0.483 e. The predicted octanol–water partition coefficient (Wildman–Crippen LogP) is 3.12. The number of rotatable bonds is 7. The predicted molar refractivity (Wildman–Crippen MR) is 79.3 cm³/mol. The van der Waals surface area contributed by atoms with Gasteiger partial charge in [-0.1, -0.05) is 23.7 Å². The fraction of sp³-hybridized carbons (Fsp3) is 0.467. The van der Waals surface area contributed by atoms with E-state index in [1.165, 1.54) is 12.8 Å².